The first-order valence-electron chi connectivity index (χ1n) is 6.39. The second-order valence-electron chi connectivity index (χ2n) is 4.44. The van der Waals surface area contributed by atoms with E-state index in [9.17, 15) is 30.1 Å². The van der Waals surface area contributed by atoms with Gasteiger partial charge in [0.05, 0.1) is 35.2 Å². The van der Waals surface area contributed by atoms with Gasteiger partial charge in [0, 0.05) is 12.1 Å². The number of anilines is 1. The summed E-state index contributed by atoms with van der Waals surface area (Å²) < 4.78 is 4.43. The van der Waals surface area contributed by atoms with Gasteiger partial charge in [-0.3, -0.25) is 20.2 Å². The molecule has 0 aliphatic carbocycles. The minimum absolute atomic E-state index is 0.226. The van der Waals surface area contributed by atoms with Crippen LogP contribution in [0.25, 0.3) is 0 Å². The fraction of sp³-hybridized carbons (Fsp3) is 0.308. The lowest BCUT2D eigenvalue weighted by Gasteiger charge is -2.16. The lowest BCUT2D eigenvalue weighted by molar-refractivity contribution is -0.392. The number of nitro benzene ring substituents is 2. The van der Waals surface area contributed by atoms with E-state index in [0.29, 0.717) is 0 Å². The number of nitrogens with one attached hydrogen (secondary N) is 1. The van der Waals surface area contributed by atoms with Gasteiger partial charge in [-0.2, -0.15) is 0 Å². The second kappa shape index (κ2) is 7.84. The molecular formula is C13H15N3O7. The molecule has 1 aromatic carbocycles. The van der Waals surface area contributed by atoms with Crippen LogP contribution in [-0.4, -0.2) is 40.7 Å². The summed E-state index contributed by atoms with van der Waals surface area (Å²) in [6, 6.07) is 1.06. The van der Waals surface area contributed by atoms with Crippen LogP contribution in [0.5, 0.6) is 0 Å². The first-order chi connectivity index (χ1) is 10.8. The summed E-state index contributed by atoms with van der Waals surface area (Å²) in [7, 11) is 1.05. The van der Waals surface area contributed by atoms with E-state index in [4.69, 9.17) is 0 Å². The lowest BCUT2D eigenvalue weighted by Crippen LogP contribution is -2.24. The van der Waals surface area contributed by atoms with Crippen LogP contribution in [0.1, 0.15) is 16.8 Å². The smallest absolute Gasteiger partial charge is 0.338 e. The van der Waals surface area contributed by atoms with Crippen LogP contribution < -0.4 is 5.32 Å². The molecular weight excluding hydrogens is 310 g/mol. The van der Waals surface area contributed by atoms with Crippen molar-refractivity contribution in [1.29, 1.82) is 0 Å². The summed E-state index contributed by atoms with van der Waals surface area (Å²) in [5.74, 6) is -0.937. The van der Waals surface area contributed by atoms with Crippen molar-refractivity contribution in [3.63, 3.8) is 0 Å². The molecule has 0 heterocycles. The first-order valence-corrected chi connectivity index (χ1v) is 6.39. The predicted molar refractivity (Wildman–Crippen MR) is 80.4 cm³/mol. The van der Waals surface area contributed by atoms with E-state index in [2.05, 4.69) is 16.6 Å². The fourth-order valence-corrected chi connectivity index (χ4v) is 1.87. The quantitative estimate of drug-likeness (QED) is 0.317. The number of aliphatic hydroxyl groups is 1. The van der Waals surface area contributed by atoms with E-state index in [1.54, 1.807) is 0 Å². The highest BCUT2D eigenvalue weighted by atomic mass is 16.6. The van der Waals surface area contributed by atoms with Crippen LogP contribution in [-0.2, 0) is 4.74 Å². The summed E-state index contributed by atoms with van der Waals surface area (Å²) >= 11 is 0. The molecule has 1 atom stereocenters. The van der Waals surface area contributed by atoms with Crippen molar-refractivity contribution in [1.82, 2.24) is 0 Å². The van der Waals surface area contributed by atoms with Crippen LogP contribution in [0.15, 0.2) is 24.8 Å². The van der Waals surface area contributed by atoms with Crippen molar-refractivity contribution in [3.05, 3.63) is 50.6 Å². The number of benzene rings is 1. The maximum Gasteiger partial charge on any atom is 0.338 e. The van der Waals surface area contributed by atoms with Crippen molar-refractivity contribution in [3.8, 4) is 0 Å². The molecule has 23 heavy (non-hydrogen) atoms. The molecule has 0 fully saturated rings. The zero-order chi connectivity index (χ0) is 17.6. The molecule has 10 nitrogen and oxygen atoms in total. The standard InChI is InChI=1S/C13H15N3O7/c1-3-4-9(7-17)14-12-10(15(19)20)5-8(13(18)23-2)6-11(12)16(21)22/h3,5-6,9,14,17H,1,4,7H2,2H3. The average Bonchev–Trinajstić information content (AvgIpc) is 2.52. The van der Waals surface area contributed by atoms with E-state index in [1.807, 2.05) is 0 Å². The third-order valence-corrected chi connectivity index (χ3v) is 2.93. The summed E-state index contributed by atoms with van der Waals surface area (Å²) in [4.78, 5) is 32.2. The third-order valence-electron chi connectivity index (χ3n) is 2.93. The van der Waals surface area contributed by atoms with Gasteiger partial charge in [0.25, 0.3) is 11.4 Å². The maximum absolute atomic E-state index is 11.5. The number of carbonyl (C=O) groups is 1. The highest BCUT2D eigenvalue weighted by Crippen LogP contribution is 2.36. The Morgan fingerprint density at radius 1 is 1.39 bits per heavy atom. The number of esters is 1. The molecule has 0 aliphatic rings. The van der Waals surface area contributed by atoms with Crippen molar-refractivity contribution in [2.24, 2.45) is 0 Å². The fourth-order valence-electron chi connectivity index (χ4n) is 1.87. The first kappa shape index (κ1) is 18.0. The Morgan fingerprint density at radius 2 is 1.91 bits per heavy atom. The molecule has 0 saturated carbocycles. The number of aliphatic hydroxyl groups excluding tert-OH is 1. The Hall–Kier alpha value is -3.01. The van der Waals surface area contributed by atoms with E-state index in [-0.39, 0.29) is 12.0 Å². The number of hydrogen-bond donors (Lipinski definition) is 2. The van der Waals surface area contributed by atoms with E-state index >= 15 is 0 Å². The van der Waals surface area contributed by atoms with Gasteiger partial charge in [0.15, 0.2) is 5.69 Å². The van der Waals surface area contributed by atoms with Crippen molar-refractivity contribution in [2.45, 2.75) is 12.5 Å². The molecule has 2 N–H and O–H groups in total. The highest BCUT2D eigenvalue weighted by molar-refractivity contribution is 5.93. The molecule has 0 saturated heterocycles. The zero-order valence-corrected chi connectivity index (χ0v) is 12.2. The zero-order valence-electron chi connectivity index (χ0n) is 12.2. The molecule has 10 heteroatoms. The molecule has 1 rings (SSSR count). The van der Waals surface area contributed by atoms with Crippen molar-refractivity contribution < 1.29 is 24.5 Å². The molecule has 0 radical (unpaired) electrons. The average molecular weight is 325 g/mol. The summed E-state index contributed by atoms with van der Waals surface area (Å²) in [5, 5.41) is 34.2. The Balaban J connectivity index is 3.51. The number of nitro groups is 2. The SMILES string of the molecule is C=CCC(CO)Nc1c([N+](=O)[O-])cc(C(=O)OC)cc1[N+](=O)[O-]. The molecule has 1 aromatic rings. The Morgan fingerprint density at radius 3 is 2.26 bits per heavy atom. The normalized spacial score (nSPS) is 11.4. The number of nitrogens with zero attached hydrogens (tertiary/aromatic N) is 2. The summed E-state index contributed by atoms with van der Waals surface area (Å²) in [6.07, 6.45) is 1.68. The molecule has 0 aromatic heterocycles. The monoisotopic (exact) mass is 325 g/mol. The van der Waals surface area contributed by atoms with Gasteiger partial charge in [-0.05, 0) is 6.42 Å². The second-order valence-corrected chi connectivity index (χ2v) is 4.44. The summed E-state index contributed by atoms with van der Waals surface area (Å²) in [6.45, 7) is 3.06. The van der Waals surface area contributed by atoms with Gasteiger partial charge in [-0.15, -0.1) is 6.58 Å². The molecule has 0 aliphatic heterocycles. The Bertz CT molecular complexity index is 609. The van der Waals surface area contributed by atoms with E-state index in [1.165, 1.54) is 6.08 Å². The Labute approximate surface area is 130 Å². The van der Waals surface area contributed by atoms with Crippen LogP contribution in [0.3, 0.4) is 0 Å². The topological polar surface area (TPSA) is 145 Å². The predicted octanol–water partition coefficient (Wildman–Crippen LogP) is 1.64. The largest absolute Gasteiger partial charge is 0.465 e. The number of rotatable bonds is 8. The van der Waals surface area contributed by atoms with Crippen LogP contribution >= 0.6 is 0 Å². The summed E-state index contributed by atoms with van der Waals surface area (Å²) in [5.41, 5.74) is -2.04. The number of hydrogen-bond acceptors (Lipinski definition) is 8. The highest BCUT2D eigenvalue weighted by Gasteiger charge is 2.30. The number of ether oxygens (including phenoxy) is 1. The van der Waals surface area contributed by atoms with Gasteiger partial charge >= 0.3 is 5.97 Å². The van der Waals surface area contributed by atoms with Gasteiger partial charge in [0.2, 0.25) is 0 Å². The van der Waals surface area contributed by atoms with Crippen molar-refractivity contribution in [2.75, 3.05) is 19.0 Å². The molecule has 0 amide bonds. The van der Waals surface area contributed by atoms with Crippen LogP contribution in [0.2, 0.25) is 0 Å². The van der Waals surface area contributed by atoms with Gasteiger partial charge in [0.1, 0.15) is 0 Å². The van der Waals surface area contributed by atoms with Crippen LogP contribution in [0, 0.1) is 20.2 Å². The lowest BCUT2D eigenvalue weighted by atomic mass is 10.1. The van der Waals surface area contributed by atoms with Crippen molar-refractivity contribution >= 4 is 23.0 Å². The van der Waals surface area contributed by atoms with E-state index in [0.717, 1.165) is 19.2 Å². The molecule has 0 bridgehead atoms. The molecule has 1 unspecified atom stereocenters. The third kappa shape index (κ3) is 4.23. The molecule has 0 spiro atoms. The van der Waals surface area contributed by atoms with Gasteiger partial charge in [-0.1, -0.05) is 6.08 Å². The number of carbonyl (C=O) groups excluding carboxylic acids is 1. The molecule has 124 valence electrons. The minimum atomic E-state index is -0.937. The van der Waals surface area contributed by atoms with Gasteiger partial charge in [-0.25, -0.2) is 4.79 Å². The maximum atomic E-state index is 11.5. The van der Waals surface area contributed by atoms with Gasteiger partial charge < -0.3 is 15.2 Å². The Kier molecular flexibility index (Phi) is 6.15. The minimum Gasteiger partial charge on any atom is -0.465 e. The van der Waals surface area contributed by atoms with E-state index < -0.39 is 45.5 Å². The van der Waals surface area contributed by atoms with Crippen LogP contribution in [0.4, 0.5) is 17.1 Å². The number of methoxy groups -OCH3 is 1.